The van der Waals surface area contributed by atoms with E-state index in [0.717, 1.165) is 17.1 Å². The van der Waals surface area contributed by atoms with Gasteiger partial charge in [0.15, 0.2) is 5.11 Å². The number of benzene rings is 1. The van der Waals surface area contributed by atoms with Crippen LogP contribution >= 0.6 is 12.2 Å². The van der Waals surface area contributed by atoms with Crippen LogP contribution in [0.15, 0.2) is 67.0 Å². The quantitative estimate of drug-likeness (QED) is 0.386. The molecule has 4 rings (SSSR count). The molecule has 1 aliphatic heterocycles. The fourth-order valence-electron chi connectivity index (χ4n) is 4.12. The van der Waals surface area contributed by atoms with Crippen LogP contribution in [-0.4, -0.2) is 50.3 Å². The number of nitrogens with one attached hydrogen (secondary N) is 1. The van der Waals surface area contributed by atoms with Crippen molar-refractivity contribution in [3.8, 4) is 5.69 Å². The number of rotatable bonds is 8. The van der Waals surface area contributed by atoms with Crippen molar-refractivity contribution in [2.75, 3.05) is 13.7 Å². The summed E-state index contributed by atoms with van der Waals surface area (Å²) in [5, 5.41) is 13.4. The van der Waals surface area contributed by atoms with Crippen molar-refractivity contribution in [3.05, 3.63) is 83.9 Å². The lowest BCUT2D eigenvalue weighted by Crippen LogP contribution is -2.31. The molecular weight excluding hydrogens is 440 g/mol. The van der Waals surface area contributed by atoms with E-state index in [4.69, 9.17) is 17.0 Å². The average Bonchev–Trinajstić information content (AvgIpc) is 3.44. The molecule has 170 valence electrons. The zero-order chi connectivity index (χ0) is 23.4. The van der Waals surface area contributed by atoms with E-state index in [-0.39, 0.29) is 30.0 Å². The second kappa shape index (κ2) is 9.83. The minimum atomic E-state index is -0.981. The fraction of sp³-hybridized carbons (Fsp3) is 0.250. The first-order chi connectivity index (χ1) is 16.0. The lowest BCUT2D eigenvalue weighted by molar-refractivity contribution is -0.140. The van der Waals surface area contributed by atoms with Gasteiger partial charge in [0.1, 0.15) is 0 Å². The van der Waals surface area contributed by atoms with Gasteiger partial charge in [0.25, 0.3) is 0 Å². The minimum absolute atomic E-state index is 0.212. The molecule has 2 N–H and O–H groups in total. The Hall–Kier alpha value is -3.72. The summed E-state index contributed by atoms with van der Waals surface area (Å²) in [5.74, 6) is -1.25. The van der Waals surface area contributed by atoms with E-state index >= 15 is 0 Å². The first-order valence-corrected chi connectivity index (χ1v) is 11.0. The highest BCUT2D eigenvalue weighted by Crippen LogP contribution is 2.39. The summed E-state index contributed by atoms with van der Waals surface area (Å²) in [6.45, 7) is 0.551. The smallest absolute Gasteiger partial charge is 0.335 e. The van der Waals surface area contributed by atoms with Crippen LogP contribution in [0.1, 0.15) is 46.7 Å². The highest BCUT2D eigenvalue weighted by Gasteiger charge is 2.41. The molecule has 8 nitrogen and oxygen atoms in total. The van der Waals surface area contributed by atoms with Gasteiger partial charge in [-0.15, -0.1) is 0 Å². The Balaban J connectivity index is 1.73. The Labute approximate surface area is 196 Å². The van der Waals surface area contributed by atoms with Crippen molar-refractivity contribution in [2.45, 2.75) is 24.9 Å². The summed E-state index contributed by atoms with van der Waals surface area (Å²) in [4.78, 5) is 29.7. The monoisotopic (exact) mass is 464 g/mol. The molecule has 9 heteroatoms. The Morgan fingerprint density at radius 2 is 2.03 bits per heavy atom. The molecule has 1 saturated heterocycles. The number of ether oxygens (including phenoxy) is 1. The zero-order valence-corrected chi connectivity index (χ0v) is 18.9. The lowest BCUT2D eigenvalue weighted by atomic mass is 10.0. The summed E-state index contributed by atoms with van der Waals surface area (Å²) in [6.07, 6.45) is 4.51. The molecule has 0 bridgehead atoms. The van der Waals surface area contributed by atoms with E-state index in [1.807, 2.05) is 47.2 Å². The van der Waals surface area contributed by atoms with Crippen LogP contribution in [0.5, 0.6) is 0 Å². The molecule has 2 unspecified atom stereocenters. The molecule has 1 aliphatic rings. The van der Waals surface area contributed by atoms with Gasteiger partial charge < -0.3 is 24.6 Å². The molecule has 1 aromatic carbocycles. The molecule has 0 amide bonds. The first kappa shape index (κ1) is 22.5. The van der Waals surface area contributed by atoms with Gasteiger partial charge in [-0.25, -0.2) is 4.79 Å². The van der Waals surface area contributed by atoms with E-state index in [0.29, 0.717) is 18.1 Å². The van der Waals surface area contributed by atoms with Crippen molar-refractivity contribution in [3.63, 3.8) is 0 Å². The van der Waals surface area contributed by atoms with Crippen LogP contribution < -0.4 is 5.32 Å². The van der Waals surface area contributed by atoms with E-state index in [9.17, 15) is 14.7 Å². The number of methoxy groups -OCH3 is 1. The second-order valence-electron chi connectivity index (χ2n) is 7.66. The number of pyridine rings is 1. The minimum Gasteiger partial charge on any atom is -0.478 e. The average molecular weight is 465 g/mol. The number of carboxylic acid groups (broad SMARTS) is 1. The molecule has 3 heterocycles. The van der Waals surface area contributed by atoms with Gasteiger partial charge in [0.05, 0.1) is 30.5 Å². The summed E-state index contributed by atoms with van der Waals surface area (Å²) in [5.41, 5.74) is 2.72. The molecule has 2 atom stereocenters. The van der Waals surface area contributed by atoms with E-state index in [1.54, 1.807) is 24.4 Å². The Bertz CT molecular complexity index is 1160. The second-order valence-corrected chi connectivity index (χ2v) is 8.04. The standard InChI is InChI=1S/C24H24N4O4S/c1-32-20(29)11-6-14-28-22(21(26-24(28)33)18-9-2-3-12-25-18)19-10-5-13-27(19)17-8-4-7-16(15-17)23(30)31/h2-5,7-10,12-13,15,21-22H,6,11,14H2,1H3,(H,26,33)(H,30,31). The SMILES string of the molecule is COC(=O)CCCN1C(=S)NC(c2ccccn2)C1c1cccn1-c1cccc(C(=O)O)c1. The van der Waals surface area contributed by atoms with Crippen LogP contribution in [0.3, 0.4) is 0 Å². The van der Waals surface area contributed by atoms with Crippen LogP contribution in [0.25, 0.3) is 5.69 Å². The summed E-state index contributed by atoms with van der Waals surface area (Å²) in [6, 6.07) is 16.0. The van der Waals surface area contributed by atoms with Gasteiger partial charge in [0.2, 0.25) is 0 Å². The number of carboxylic acids is 1. The van der Waals surface area contributed by atoms with Gasteiger partial charge in [-0.1, -0.05) is 12.1 Å². The molecular formula is C24H24N4O4S. The third kappa shape index (κ3) is 4.73. The van der Waals surface area contributed by atoms with Gasteiger partial charge in [0, 0.05) is 36.7 Å². The largest absolute Gasteiger partial charge is 0.478 e. The Morgan fingerprint density at radius 3 is 2.76 bits per heavy atom. The molecule has 0 radical (unpaired) electrons. The number of hydrogen-bond acceptors (Lipinski definition) is 5. The molecule has 0 spiro atoms. The van der Waals surface area contributed by atoms with E-state index < -0.39 is 5.97 Å². The Kier molecular flexibility index (Phi) is 6.69. The van der Waals surface area contributed by atoms with E-state index in [2.05, 4.69) is 15.2 Å². The maximum atomic E-state index is 11.6. The molecule has 2 aromatic heterocycles. The molecule has 33 heavy (non-hydrogen) atoms. The van der Waals surface area contributed by atoms with Gasteiger partial charge >= 0.3 is 11.9 Å². The molecule has 0 saturated carbocycles. The molecule has 3 aromatic rings. The number of thiocarbonyl (C=S) groups is 1. The third-order valence-electron chi connectivity index (χ3n) is 5.66. The van der Waals surface area contributed by atoms with Gasteiger partial charge in [-0.2, -0.15) is 0 Å². The topological polar surface area (TPSA) is 96.7 Å². The normalized spacial score (nSPS) is 17.6. The highest BCUT2D eigenvalue weighted by molar-refractivity contribution is 7.80. The zero-order valence-electron chi connectivity index (χ0n) is 18.0. The molecule has 0 aliphatic carbocycles. The summed E-state index contributed by atoms with van der Waals surface area (Å²) < 4.78 is 6.74. The number of hydrogen-bond donors (Lipinski definition) is 2. The predicted octanol–water partition coefficient (Wildman–Crippen LogP) is 3.50. The maximum Gasteiger partial charge on any atom is 0.335 e. The van der Waals surface area contributed by atoms with Crippen molar-refractivity contribution in [1.29, 1.82) is 0 Å². The third-order valence-corrected chi connectivity index (χ3v) is 6.01. The number of esters is 1. The maximum absolute atomic E-state index is 11.6. The number of aromatic carboxylic acids is 1. The van der Waals surface area contributed by atoms with Gasteiger partial charge in [-0.3, -0.25) is 9.78 Å². The van der Waals surface area contributed by atoms with Crippen LogP contribution in [0.2, 0.25) is 0 Å². The fourth-order valence-corrected chi connectivity index (χ4v) is 4.45. The number of carbonyl (C=O) groups excluding carboxylic acids is 1. The van der Waals surface area contributed by atoms with E-state index in [1.165, 1.54) is 7.11 Å². The van der Waals surface area contributed by atoms with Crippen LogP contribution in [0, 0.1) is 0 Å². The molecule has 1 fully saturated rings. The van der Waals surface area contributed by atoms with Crippen molar-refractivity contribution < 1.29 is 19.4 Å². The lowest BCUT2D eigenvalue weighted by Gasteiger charge is -2.29. The van der Waals surface area contributed by atoms with Crippen LogP contribution in [-0.2, 0) is 9.53 Å². The predicted molar refractivity (Wildman–Crippen MR) is 126 cm³/mol. The number of carbonyl (C=O) groups is 2. The summed E-state index contributed by atoms with van der Waals surface area (Å²) in [7, 11) is 1.38. The number of nitrogens with zero attached hydrogens (tertiary/aromatic N) is 3. The van der Waals surface area contributed by atoms with Crippen molar-refractivity contribution in [2.24, 2.45) is 0 Å². The highest BCUT2D eigenvalue weighted by atomic mass is 32.1. The summed E-state index contributed by atoms with van der Waals surface area (Å²) >= 11 is 5.67. The van der Waals surface area contributed by atoms with Crippen molar-refractivity contribution in [1.82, 2.24) is 19.8 Å². The number of aromatic nitrogens is 2. The van der Waals surface area contributed by atoms with Gasteiger partial charge in [-0.05, 0) is 61.1 Å². The first-order valence-electron chi connectivity index (χ1n) is 10.6. The van der Waals surface area contributed by atoms with Crippen LogP contribution in [0.4, 0.5) is 0 Å². The Morgan fingerprint density at radius 1 is 1.18 bits per heavy atom. The van der Waals surface area contributed by atoms with Crippen molar-refractivity contribution >= 4 is 29.3 Å².